The van der Waals surface area contributed by atoms with Gasteiger partial charge >= 0.3 is 0 Å². The summed E-state index contributed by atoms with van der Waals surface area (Å²) in [5.41, 5.74) is 0. The number of allylic oxidation sites excluding steroid dienone is 1. The van der Waals surface area contributed by atoms with Crippen molar-refractivity contribution in [3.05, 3.63) is 47.5 Å². The second-order valence-electron chi connectivity index (χ2n) is 9.20. The van der Waals surface area contributed by atoms with Crippen molar-refractivity contribution in [2.75, 3.05) is 26.7 Å². The Kier molecular flexibility index (Phi) is 8.64. The second-order valence-corrected chi connectivity index (χ2v) is 9.20. The van der Waals surface area contributed by atoms with Gasteiger partial charge in [-0.05, 0) is 30.4 Å². The third kappa shape index (κ3) is 6.53. The highest BCUT2D eigenvalue weighted by Crippen LogP contribution is 2.23. The van der Waals surface area contributed by atoms with Gasteiger partial charge in [0.25, 0.3) is 5.91 Å². The Balaban J connectivity index is 1.72. The predicted molar refractivity (Wildman–Crippen MR) is 123 cm³/mol. The molecule has 0 saturated carbocycles. The average Bonchev–Trinajstić information content (AvgIpc) is 3.31. The summed E-state index contributed by atoms with van der Waals surface area (Å²) in [7, 11) is 1.60. The van der Waals surface area contributed by atoms with Gasteiger partial charge in [0.05, 0.1) is 6.04 Å². The molecule has 0 saturated heterocycles. The zero-order valence-corrected chi connectivity index (χ0v) is 20.0. The molecule has 2 aromatic rings. The van der Waals surface area contributed by atoms with Crippen LogP contribution in [0.3, 0.4) is 0 Å². The van der Waals surface area contributed by atoms with E-state index in [1.165, 1.54) is 0 Å². The van der Waals surface area contributed by atoms with Crippen molar-refractivity contribution < 1.29 is 13.9 Å². The van der Waals surface area contributed by atoms with Gasteiger partial charge in [-0.2, -0.15) is 0 Å². The van der Waals surface area contributed by atoms with Crippen molar-refractivity contribution in [1.29, 1.82) is 0 Å². The number of hydrogen-bond donors (Lipinski definition) is 1. The van der Waals surface area contributed by atoms with E-state index in [-0.39, 0.29) is 17.7 Å². The zero-order chi connectivity index (χ0) is 23.1. The van der Waals surface area contributed by atoms with Gasteiger partial charge < -0.3 is 19.0 Å². The summed E-state index contributed by atoms with van der Waals surface area (Å²) in [5.74, 6) is 3.42. The Bertz CT molecular complexity index is 899. The van der Waals surface area contributed by atoms with E-state index in [4.69, 9.17) is 9.15 Å². The number of amides is 1. The molecule has 0 bridgehead atoms. The van der Waals surface area contributed by atoms with E-state index in [1.54, 1.807) is 19.2 Å². The molecule has 0 spiro atoms. The number of carbonyl (C=O) groups excluding carboxylic acids is 1. The molecule has 32 heavy (non-hydrogen) atoms. The van der Waals surface area contributed by atoms with Gasteiger partial charge in [-0.1, -0.05) is 39.8 Å². The van der Waals surface area contributed by atoms with Crippen LogP contribution in [0.4, 0.5) is 0 Å². The van der Waals surface area contributed by atoms with Crippen LogP contribution in [0.1, 0.15) is 68.1 Å². The van der Waals surface area contributed by atoms with E-state index >= 15 is 0 Å². The molecule has 1 aliphatic heterocycles. The highest BCUT2D eigenvalue weighted by atomic mass is 16.5. The molecule has 0 fully saturated rings. The minimum absolute atomic E-state index is 0.230. The minimum Gasteiger partial charge on any atom is -0.453 e. The molecular formula is C24H37N5O3. The van der Waals surface area contributed by atoms with E-state index in [1.807, 2.05) is 0 Å². The van der Waals surface area contributed by atoms with Gasteiger partial charge in [0.15, 0.2) is 11.6 Å². The van der Waals surface area contributed by atoms with Gasteiger partial charge in [0.1, 0.15) is 18.2 Å². The number of ether oxygens (including phenoxy) is 1. The molecule has 0 unspecified atom stereocenters. The third-order valence-electron chi connectivity index (χ3n) is 5.53. The number of hydrogen-bond acceptors (Lipinski definition) is 6. The number of furan rings is 1. The molecule has 3 heterocycles. The quantitative estimate of drug-likeness (QED) is 0.565. The monoisotopic (exact) mass is 443 g/mol. The number of methoxy groups -OCH3 is 1. The van der Waals surface area contributed by atoms with Gasteiger partial charge in [-0.3, -0.25) is 9.69 Å². The fourth-order valence-electron chi connectivity index (χ4n) is 3.96. The highest BCUT2D eigenvalue weighted by molar-refractivity contribution is 5.91. The van der Waals surface area contributed by atoms with Crippen LogP contribution in [-0.4, -0.2) is 52.3 Å². The zero-order valence-electron chi connectivity index (χ0n) is 20.0. The summed E-state index contributed by atoms with van der Waals surface area (Å²) in [5, 5.41) is 12.1. The summed E-state index contributed by atoms with van der Waals surface area (Å²) >= 11 is 0. The smallest absolute Gasteiger partial charge is 0.287 e. The summed E-state index contributed by atoms with van der Waals surface area (Å²) in [6.45, 7) is 12.7. The maximum Gasteiger partial charge on any atom is 0.287 e. The van der Waals surface area contributed by atoms with Crippen LogP contribution in [-0.2, 0) is 24.3 Å². The van der Waals surface area contributed by atoms with Gasteiger partial charge in [0.2, 0.25) is 0 Å². The number of fused-ring (bicyclic) bond motifs is 1. The first-order chi connectivity index (χ1) is 15.4. The molecule has 1 aliphatic rings. The largest absolute Gasteiger partial charge is 0.453 e. The summed E-state index contributed by atoms with van der Waals surface area (Å²) < 4.78 is 12.9. The third-order valence-corrected chi connectivity index (χ3v) is 5.53. The Morgan fingerprint density at radius 2 is 2.03 bits per heavy atom. The van der Waals surface area contributed by atoms with Crippen molar-refractivity contribution in [1.82, 2.24) is 25.0 Å². The van der Waals surface area contributed by atoms with Crippen LogP contribution >= 0.6 is 0 Å². The second kappa shape index (κ2) is 11.4. The predicted octanol–water partition coefficient (Wildman–Crippen LogP) is 3.61. The first kappa shape index (κ1) is 24.2. The Morgan fingerprint density at radius 1 is 1.22 bits per heavy atom. The maximum atomic E-state index is 12.9. The molecular weight excluding hydrogens is 406 g/mol. The molecule has 1 N–H and O–H groups in total. The van der Waals surface area contributed by atoms with E-state index in [0.29, 0.717) is 24.2 Å². The van der Waals surface area contributed by atoms with E-state index < -0.39 is 0 Å². The Hall–Kier alpha value is -2.45. The lowest BCUT2D eigenvalue weighted by Gasteiger charge is -2.21. The molecule has 0 radical (unpaired) electrons. The highest BCUT2D eigenvalue weighted by Gasteiger charge is 2.27. The first-order valence-electron chi connectivity index (χ1n) is 11.6. The van der Waals surface area contributed by atoms with Crippen molar-refractivity contribution >= 4 is 5.91 Å². The molecule has 1 amide bonds. The van der Waals surface area contributed by atoms with Gasteiger partial charge in [-0.25, -0.2) is 0 Å². The van der Waals surface area contributed by atoms with Crippen molar-refractivity contribution in [3.63, 3.8) is 0 Å². The Morgan fingerprint density at radius 3 is 2.75 bits per heavy atom. The van der Waals surface area contributed by atoms with Gasteiger partial charge in [-0.15, -0.1) is 10.2 Å². The molecule has 8 heteroatoms. The molecule has 176 valence electrons. The molecule has 2 aromatic heterocycles. The van der Waals surface area contributed by atoms with E-state index in [0.717, 1.165) is 50.7 Å². The number of rotatable bonds is 10. The number of nitrogens with one attached hydrogen (secondary N) is 1. The van der Waals surface area contributed by atoms with Crippen LogP contribution in [0.25, 0.3) is 0 Å². The molecule has 0 aliphatic carbocycles. The lowest BCUT2D eigenvalue weighted by molar-refractivity contribution is 0.0892. The lowest BCUT2D eigenvalue weighted by atomic mass is 10.0. The molecule has 0 aromatic carbocycles. The van der Waals surface area contributed by atoms with E-state index in [2.05, 4.69) is 64.8 Å². The lowest BCUT2D eigenvalue weighted by Crippen LogP contribution is -2.32. The SMILES string of the molecule is COCc1ccc(C(=O)N[C@H](CC(C)C)c2nnc3n2CCN(C/C=C/C(C)C)CC3)o1. The maximum absolute atomic E-state index is 12.9. The Labute approximate surface area is 191 Å². The van der Waals surface area contributed by atoms with Crippen molar-refractivity contribution in [2.45, 2.75) is 59.7 Å². The van der Waals surface area contributed by atoms with Crippen molar-refractivity contribution in [3.8, 4) is 0 Å². The van der Waals surface area contributed by atoms with Gasteiger partial charge in [0, 0.05) is 39.7 Å². The number of aromatic nitrogens is 3. The normalized spacial score (nSPS) is 16.0. The average molecular weight is 444 g/mol. The topological polar surface area (TPSA) is 85.4 Å². The minimum atomic E-state index is -0.246. The summed E-state index contributed by atoms with van der Waals surface area (Å²) in [6.07, 6.45) is 6.12. The van der Waals surface area contributed by atoms with E-state index in [9.17, 15) is 4.79 Å². The first-order valence-corrected chi connectivity index (χ1v) is 11.6. The number of nitrogens with zero attached hydrogens (tertiary/aromatic N) is 4. The van der Waals surface area contributed by atoms with Crippen LogP contribution in [0, 0.1) is 11.8 Å². The van der Waals surface area contributed by atoms with Crippen molar-refractivity contribution in [2.24, 2.45) is 11.8 Å². The fraction of sp³-hybridized carbons (Fsp3) is 0.625. The van der Waals surface area contributed by atoms with Crippen LogP contribution in [0.5, 0.6) is 0 Å². The molecule has 8 nitrogen and oxygen atoms in total. The fourth-order valence-corrected chi connectivity index (χ4v) is 3.96. The standard InChI is InChI=1S/C24H37N5O3/c1-17(2)7-6-11-28-12-10-22-26-27-23(29(22)14-13-28)20(15-18(3)4)25-24(30)21-9-8-19(32-21)16-31-5/h6-9,17-18,20H,10-16H2,1-5H3,(H,25,30)/b7-6+/t20-/m1/s1. The van der Waals surface area contributed by atoms with Crippen LogP contribution < -0.4 is 5.32 Å². The molecule has 1 atom stereocenters. The molecule has 3 rings (SSSR count). The number of carbonyl (C=O) groups is 1. The van der Waals surface area contributed by atoms with Crippen LogP contribution in [0.15, 0.2) is 28.7 Å². The van der Waals surface area contributed by atoms with Crippen LogP contribution in [0.2, 0.25) is 0 Å². The summed E-state index contributed by atoms with van der Waals surface area (Å²) in [6, 6.07) is 3.22. The summed E-state index contributed by atoms with van der Waals surface area (Å²) in [4.78, 5) is 15.3.